The number of hydrogen-bond donors (Lipinski definition) is 1. The van der Waals surface area contributed by atoms with Crippen LogP contribution in [0.1, 0.15) is 62.1 Å². The predicted molar refractivity (Wildman–Crippen MR) is 134 cm³/mol. The van der Waals surface area contributed by atoms with E-state index in [9.17, 15) is 27.6 Å². The maximum Gasteiger partial charge on any atom is 0.416 e. The van der Waals surface area contributed by atoms with E-state index in [1.54, 1.807) is 31.3 Å². The Morgan fingerprint density at radius 2 is 1.78 bits per heavy atom. The van der Waals surface area contributed by atoms with Gasteiger partial charge in [0.25, 0.3) is 5.91 Å². The van der Waals surface area contributed by atoms with Gasteiger partial charge in [-0.15, -0.1) is 0 Å². The third kappa shape index (κ3) is 6.09. The van der Waals surface area contributed by atoms with Crippen molar-refractivity contribution in [1.29, 1.82) is 0 Å². The van der Waals surface area contributed by atoms with Crippen molar-refractivity contribution < 1.29 is 27.6 Å². The van der Waals surface area contributed by atoms with Crippen LogP contribution in [0.4, 0.5) is 18.9 Å². The van der Waals surface area contributed by atoms with E-state index in [-0.39, 0.29) is 11.5 Å². The van der Waals surface area contributed by atoms with Crippen LogP contribution in [-0.4, -0.2) is 36.5 Å². The number of carbonyl (C=O) groups excluding carboxylic acids is 3. The SMILES string of the molecule is CCCCC(=O)C(CC1CC1)C(=O)NC1N=C(c2ccc(C(F)(F)F)cc2)c2ccccc2N(C)C1=O. The molecule has 1 aliphatic carbocycles. The molecule has 2 unspecified atom stereocenters. The van der Waals surface area contributed by atoms with Crippen LogP contribution < -0.4 is 10.2 Å². The minimum Gasteiger partial charge on any atom is -0.326 e. The number of fused-ring (bicyclic) bond motifs is 1. The van der Waals surface area contributed by atoms with E-state index in [1.165, 1.54) is 17.0 Å². The highest BCUT2D eigenvalue weighted by Crippen LogP contribution is 2.36. The highest BCUT2D eigenvalue weighted by atomic mass is 19.4. The number of Topliss-reactive ketones (excluding diaryl/α,β-unsaturated/α-hetero) is 1. The number of halogens is 3. The largest absolute Gasteiger partial charge is 0.416 e. The predicted octanol–water partition coefficient (Wildman–Crippen LogP) is 5.14. The summed E-state index contributed by atoms with van der Waals surface area (Å²) < 4.78 is 39.4. The summed E-state index contributed by atoms with van der Waals surface area (Å²) in [6.45, 7) is 1.97. The second-order valence-corrected chi connectivity index (χ2v) is 9.68. The lowest BCUT2D eigenvalue weighted by Crippen LogP contribution is -2.49. The maximum absolute atomic E-state index is 13.4. The molecule has 2 aromatic carbocycles. The Bertz CT molecular complexity index is 1200. The molecule has 1 heterocycles. The monoisotopic (exact) mass is 513 g/mol. The zero-order valence-electron chi connectivity index (χ0n) is 20.8. The van der Waals surface area contributed by atoms with Gasteiger partial charge in [-0.1, -0.05) is 56.5 Å². The number of aliphatic imine (C=N–C) groups is 1. The molecule has 2 aliphatic rings. The van der Waals surface area contributed by atoms with Crippen molar-refractivity contribution in [2.24, 2.45) is 16.8 Å². The summed E-state index contributed by atoms with van der Waals surface area (Å²) in [6.07, 6.45) is -1.62. The van der Waals surface area contributed by atoms with E-state index in [0.29, 0.717) is 42.0 Å². The number of amides is 2. The minimum absolute atomic E-state index is 0.143. The number of likely N-dealkylation sites (N-methyl/N-ethyl adjacent to an activating group) is 1. The van der Waals surface area contributed by atoms with Gasteiger partial charge in [0.05, 0.1) is 22.9 Å². The third-order valence-corrected chi connectivity index (χ3v) is 6.86. The van der Waals surface area contributed by atoms with Crippen LogP contribution in [0.2, 0.25) is 0 Å². The first-order valence-corrected chi connectivity index (χ1v) is 12.6. The van der Waals surface area contributed by atoms with Crippen molar-refractivity contribution in [3.05, 3.63) is 65.2 Å². The number of hydrogen-bond acceptors (Lipinski definition) is 4. The number of nitrogens with one attached hydrogen (secondary N) is 1. The van der Waals surface area contributed by atoms with Crippen molar-refractivity contribution in [2.75, 3.05) is 11.9 Å². The standard InChI is InChI=1S/C28H30F3N3O3/c1-3-4-9-23(35)21(16-17-10-11-17)26(36)33-25-27(37)34(2)22-8-6-5-7-20(22)24(32-25)18-12-14-19(15-13-18)28(29,30)31/h5-8,12-15,17,21,25H,3-4,9-11,16H2,1-2H3,(H,33,36). The summed E-state index contributed by atoms with van der Waals surface area (Å²) in [6, 6.07) is 11.4. The van der Waals surface area contributed by atoms with Gasteiger partial charge < -0.3 is 10.2 Å². The maximum atomic E-state index is 13.4. The number of alkyl halides is 3. The highest BCUT2D eigenvalue weighted by molar-refractivity contribution is 6.20. The molecule has 1 aliphatic heterocycles. The fourth-order valence-corrected chi connectivity index (χ4v) is 4.50. The number of benzodiazepines with no additional fused rings is 1. The second kappa shape index (κ2) is 10.9. The van der Waals surface area contributed by atoms with Crippen molar-refractivity contribution in [3.63, 3.8) is 0 Å². The van der Waals surface area contributed by atoms with Crippen molar-refractivity contribution in [2.45, 2.75) is 57.8 Å². The molecule has 9 heteroatoms. The number of nitrogens with zero attached hydrogens (tertiary/aromatic N) is 2. The lowest BCUT2D eigenvalue weighted by atomic mass is 9.93. The summed E-state index contributed by atoms with van der Waals surface area (Å²) in [5.74, 6) is -1.72. The number of para-hydroxylation sites is 1. The summed E-state index contributed by atoms with van der Waals surface area (Å²) in [4.78, 5) is 45.5. The smallest absolute Gasteiger partial charge is 0.326 e. The van der Waals surface area contributed by atoms with E-state index in [2.05, 4.69) is 10.3 Å². The van der Waals surface area contributed by atoms with Crippen LogP contribution in [-0.2, 0) is 20.6 Å². The van der Waals surface area contributed by atoms with Crippen molar-refractivity contribution >= 4 is 29.0 Å². The summed E-state index contributed by atoms with van der Waals surface area (Å²) in [7, 11) is 1.56. The molecule has 196 valence electrons. The average Bonchev–Trinajstić information content (AvgIpc) is 3.71. The highest BCUT2D eigenvalue weighted by Gasteiger charge is 2.37. The molecule has 37 heavy (non-hydrogen) atoms. The number of carbonyl (C=O) groups is 3. The third-order valence-electron chi connectivity index (χ3n) is 6.86. The first-order chi connectivity index (χ1) is 17.6. The Balaban J connectivity index is 1.69. The van der Waals surface area contributed by atoms with Gasteiger partial charge in [-0.05, 0) is 37.0 Å². The van der Waals surface area contributed by atoms with Gasteiger partial charge in [-0.3, -0.25) is 14.4 Å². The van der Waals surface area contributed by atoms with E-state index >= 15 is 0 Å². The first kappa shape index (κ1) is 26.6. The van der Waals surface area contributed by atoms with Crippen LogP contribution in [0.3, 0.4) is 0 Å². The summed E-state index contributed by atoms with van der Waals surface area (Å²) in [5, 5.41) is 2.68. The lowest BCUT2D eigenvalue weighted by Gasteiger charge is -2.22. The van der Waals surface area contributed by atoms with Crippen molar-refractivity contribution in [1.82, 2.24) is 5.32 Å². The van der Waals surface area contributed by atoms with Crippen LogP contribution >= 0.6 is 0 Å². The van der Waals surface area contributed by atoms with E-state index < -0.39 is 35.6 Å². The summed E-state index contributed by atoms with van der Waals surface area (Å²) >= 11 is 0. The fourth-order valence-electron chi connectivity index (χ4n) is 4.50. The van der Waals surface area contributed by atoms with Gasteiger partial charge >= 0.3 is 6.18 Å². The quantitative estimate of drug-likeness (QED) is 0.472. The molecular weight excluding hydrogens is 483 g/mol. The molecular formula is C28H30F3N3O3. The van der Waals surface area contributed by atoms with Gasteiger partial charge in [-0.25, -0.2) is 4.99 Å². The normalized spacial score (nSPS) is 18.5. The van der Waals surface area contributed by atoms with Gasteiger partial charge in [0, 0.05) is 24.6 Å². The van der Waals surface area contributed by atoms with Crippen LogP contribution in [0.15, 0.2) is 53.5 Å². The molecule has 1 N–H and O–H groups in total. The molecule has 0 radical (unpaired) electrons. The second-order valence-electron chi connectivity index (χ2n) is 9.68. The molecule has 2 atom stereocenters. The number of benzene rings is 2. The molecule has 0 spiro atoms. The average molecular weight is 514 g/mol. The topological polar surface area (TPSA) is 78.8 Å². The Kier molecular flexibility index (Phi) is 7.80. The van der Waals surface area contributed by atoms with Gasteiger partial charge in [0.15, 0.2) is 0 Å². The van der Waals surface area contributed by atoms with Gasteiger partial charge in [0.2, 0.25) is 12.1 Å². The van der Waals surface area contributed by atoms with Gasteiger partial charge in [-0.2, -0.15) is 13.2 Å². The van der Waals surface area contributed by atoms with Crippen LogP contribution in [0.5, 0.6) is 0 Å². The summed E-state index contributed by atoms with van der Waals surface area (Å²) in [5.41, 5.74) is 0.907. The number of ketones is 1. The minimum atomic E-state index is -4.49. The fraction of sp³-hybridized carbons (Fsp3) is 0.429. The first-order valence-electron chi connectivity index (χ1n) is 12.6. The number of rotatable bonds is 9. The molecule has 2 aromatic rings. The Hall–Kier alpha value is -3.49. The number of unbranched alkanes of at least 4 members (excludes halogenated alkanes) is 1. The lowest BCUT2D eigenvalue weighted by molar-refractivity contribution is -0.138. The molecule has 4 rings (SSSR count). The van der Waals surface area contributed by atoms with Crippen LogP contribution in [0.25, 0.3) is 0 Å². The zero-order valence-corrected chi connectivity index (χ0v) is 20.8. The van der Waals surface area contributed by atoms with Crippen molar-refractivity contribution in [3.8, 4) is 0 Å². The molecule has 0 aromatic heterocycles. The molecule has 1 saturated carbocycles. The Morgan fingerprint density at radius 1 is 1.11 bits per heavy atom. The number of anilines is 1. The Labute approximate surface area is 214 Å². The van der Waals surface area contributed by atoms with Gasteiger partial charge in [0.1, 0.15) is 5.78 Å². The molecule has 2 amide bonds. The molecule has 0 bridgehead atoms. The zero-order chi connectivity index (χ0) is 26.7. The molecule has 6 nitrogen and oxygen atoms in total. The van der Waals surface area contributed by atoms with E-state index in [4.69, 9.17) is 0 Å². The van der Waals surface area contributed by atoms with E-state index in [1.807, 2.05) is 6.92 Å². The van der Waals surface area contributed by atoms with E-state index in [0.717, 1.165) is 31.4 Å². The Morgan fingerprint density at radius 3 is 2.41 bits per heavy atom. The molecule has 0 saturated heterocycles. The molecule has 1 fully saturated rings. The van der Waals surface area contributed by atoms with Crippen LogP contribution in [0, 0.1) is 11.8 Å².